The molecule has 1 N–H and O–H groups in total. The number of aryl methyl sites for hydroxylation is 1. The smallest absolute Gasteiger partial charge is 0.253 e. The van der Waals surface area contributed by atoms with E-state index < -0.39 is 0 Å². The van der Waals surface area contributed by atoms with Crippen molar-refractivity contribution in [3.63, 3.8) is 0 Å². The highest BCUT2D eigenvalue weighted by Crippen LogP contribution is 2.24. The minimum Gasteiger partial charge on any atom is -0.368 e. The zero-order valence-electron chi connectivity index (χ0n) is 16.8. The van der Waals surface area contributed by atoms with Gasteiger partial charge in [-0.25, -0.2) is 4.98 Å². The molecule has 154 valence electrons. The molecule has 2 atom stereocenters. The first-order valence-electron chi connectivity index (χ1n) is 10.4. The van der Waals surface area contributed by atoms with Gasteiger partial charge in [-0.1, -0.05) is 6.07 Å². The molecule has 0 aliphatic carbocycles. The van der Waals surface area contributed by atoms with Crippen LogP contribution < -0.4 is 5.32 Å². The Morgan fingerprint density at radius 2 is 2.17 bits per heavy atom. The number of carbonyl (C=O) groups excluding carboxylic acids is 2. The number of likely N-dealkylation sites (tertiary alicyclic amines) is 1. The lowest BCUT2D eigenvalue weighted by Crippen LogP contribution is -2.41. The molecule has 0 spiro atoms. The second-order valence-corrected chi connectivity index (χ2v) is 8.04. The van der Waals surface area contributed by atoms with Gasteiger partial charge in [-0.15, -0.1) is 0 Å². The highest BCUT2D eigenvalue weighted by molar-refractivity contribution is 5.99. The Hall–Kier alpha value is -2.67. The quantitative estimate of drug-likeness (QED) is 0.843. The SMILES string of the molecule is Cc1ccc(C(=O)N2CCC[C@@H](Cn3ccnc3)C2)cc1NC(=O)[C@H]1CCCO1. The van der Waals surface area contributed by atoms with Gasteiger partial charge in [0, 0.05) is 49.9 Å². The summed E-state index contributed by atoms with van der Waals surface area (Å²) in [5.41, 5.74) is 2.23. The van der Waals surface area contributed by atoms with Gasteiger partial charge in [0.2, 0.25) is 0 Å². The number of piperidine rings is 1. The number of rotatable bonds is 5. The summed E-state index contributed by atoms with van der Waals surface area (Å²) in [5, 5.41) is 2.94. The minimum atomic E-state index is -0.389. The molecule has 7 heteroatoms. The highest BCUT2D eigenvalue weighted by Gasteiger charge is 2.26. The highest BCUT2D eigenvalue weighted by atomic mass is 16.5. The van der Waals surface area contributed by atoms with E-state index in [1.54, 1.807) is 12.3 Å². The first-order valence-corrected chi connectivity index (χ1v) is 10.4. The monoisotopic (exact) mass is 396 g/mol. The molecule has 0 saturated carbocycles. The third-order valence-electron chi connectivity index (χ3n) is 5.80. The summed E-state index contributed by atoms with van der Waals surface area (Å²) >= 11 is 0. The van der Waals surface area contributed by atoms with Crippen molar-refractivity contribution in [1.29, 1.82) is 0 Å². The van der Waals surface area contributed by atoms with Gasteiger partial charge in [0.05, 0.1) is 6.33 Å². The van der Waals surface area contributed by atoms with Gasteiger partial charge >= 0.3 is 0 Å². The number of aromatic nitrogens is 2. The molecule has 4 rings (SSSR count). The van der Waals surface area contributed by atoms with Crippen LogP contribution in [0.15, 0.2) is 36.9 Å². The topological polar surface area (TPSA) is 76.5 Å². The van der Waals surface area contributed by atoms with Crippen LogP contribution in [0.4, 0.5) is 5.69 Å². The molecule has 2 amide bonds. The van der Waals surface area contributed by atoms with Gasteiger partial charge in [-0.3, -0.25) is 9.59 Å². The molecular formula is C22H28N4O3. The van der Waals surface area contributed by atoms with Crippen LogP contribution in [0.1, 0.15) is 41.6 Å². The van der Waals surface area contributed by atoms with Gasteiger partial charge in [-0.05, 0) is 56.2 Å². The summed E-state index contributed by atoms with van der Waals surface area (Å²) in [6.45, 7) is 4.94. The van der Waals surface area contributed by atoms with Crippen LogP contribution in [0.3, 0.4) is 0 Å². The third kappa shape index (κ3) is 4.67. The van der Waals surface area contributed by atoms with Crippen molar-refractivity contribution in [3.8, 4) is 0 Å². The molecule has 2 saturated heterocycles. The molecule has 7 nitrogen and oxygen atoms in total. The van der Waals surface area contributed by atoms with Crippen LogP contribution in [0, 0.1) is 12.8 Å². The fourth-order valence-electron chi connectivity index (χ4n) is 4.16. The van der Waals surface area contributed by atoms with Crippen molar-refractivity contribution in [2.24, 2.45) is 5.92 Å². The molecule has 0 unspecified atom stereocenters. The Balaban J connectivity index is 1.43. The summed E-state index contributed by atoms with van der Waals surface area (Å²) in [6.07, 6.45) is 8.94. The van der Waals surface area contributed by atoms with Crippen LogP contribution in [-0.4, -0.2) is 52.1 Å². The molecule has 29 heavy (non-hydrogen) atoms. The van der Waals surface area contributed by atoms with E-state index in [0.717, 1.165) is 50.9 Å². The maximum Gasteiger partial charge on any atom is 0.253 e. The summed E-state index contributed by atoms with van der Waals surface area (Å²) in [5.74, 6) is 0.313. The number of carbonyl (C=O) groups is 2. The normalized spacial score (nSPS) is 21.9. The lowest BCUT2D eigenvalue weighted by atomic mass is 9.97. The Bertz CT molecular complexity index is 859. The second kappa shape index (κ2) is 8.78. The molecule has 1 aromatic heterocycles. The lowest BCUT2D eigenvalue weighted by molar-refractivity contribution is -0.124. The van der Waals surface area contributed by atoms with E-state index in [1.165, 1.54) is 0 Å². The molecule has 0 bridgehead atoms. The number of hydrogen-bond donors (Lipinski definition) is 1. The van der Waals surface area contributed by atoms with E-state index in [9.17, 15) is 9.59 Å². The number of imidazole rings is 1. The first kappa shape index (κ1) is 19.6. The number of anilines is 1. The average molecular weight is 396 g/mol. The number of ether oxygens (including phenoxy) is 1. The molecule has 2 fully saturated rings. The second-order valence-electron chi connectivity index (χ2n) is 8.04. The summed E-state index contributed by atoms with van der Waals surface area (Å²) in [7, 11) is 0. The average Bonchev–Trinajstić information content (AvgIpc) is 3.43. The fraction of sp³-hybridized carbons (Fsp3) is 0.500. The van der Waals surface area contributed by atoms with Crippen molar-refractivity contribution >= 4 is 17.5 Å². The van der Waals surface area contributed by atoms with E-state index in [4.69, 9.17) is 4.74 Å². The minimum absolute atomic E-state index is 0.0212. The third-order valence-corrected chi connectivity index (χ3v) is 5.80. The van der Waals surface area contributed by atoms with Gasteiger partial charge in [0.25, 0.3) is 11.8 Å². The maximum atomic E-state index is 13.1. The Kier molecular flexibility index (Phi) is 5.94. The maximum absolute atomic E-state index is 13.1. The van der Waals surface area contributed by atoms with Gasteiger partial charge in [-0.2, -0.15) is 0 Å². The zero-order valence-corrected chi connectivity index (χ0v) is 16.8. The van der Waals surface area contributed by atoms with Crippen molar-refractivity contribution < 1.29 is 14.3 Å². The number of benzene rings is 1. The first-order chi connectivity index (χ1) is 14.1. The number of nitrogens with zero attached hydrogens (tertiary/aromatic N) is 3. The predicted molar refractivity (Wildman–Crippen MR) is 110 cm³/mol. The summed E-state index contributed by atoms with van der Waals surface area (Å²) in [6, 6.07) is 5.54. The molecule has 2 aliphatic heterocycles. The molecule has 2 aromatic rings. The predicted octanol–water partition coefficient (Wildman–Crippen LogP) is 2.86. The summed E-state index contributed by atoms with van der Waals surface area (Å²) < 4.78 is 7.53. The van der Waals surface area contributed by atoms with Crippen LogP contribution in [0.5, 0.6) is 0 Å². The van der Waals surface area contributed by atoms with Crippen LogP contribution >= 0.6 is 0 Å². The molecule has 2 aliphatic rings. The number of nitrogens with one attached hydrogen (secondary N) is 1. The van der Waals surface area contributed by atoms with E-state index in [0.29, 0.717) is 23.8 Å². The van der Waals surface area contributed by atoms with Crippen LogP contribution in [0.2, 0.25) is 0 Å². The number of amides is 2. The summed E-state index contributed by atoms with van der Waals surface area (Å²) in [4.78, 5) is 31.6. The van der Waals surface area contributed by atoms with Gasteiger partial charge in [0.15, 0.2) is 0 Å². The van der Waals surface area contributed by atoms with E-state index in [-0.39, 0.29) is 17.9 Å². The van der Waals surface area contributed by atoms with E-state index >= 15 is 0 Å². The standard InChI is InChI=1S/C22H28N4O3/c1-16-6-7-18(12-19(16)24-21(27)20-5-3-11-29-20)22(28)26-9-2-4-17(14-26)13-25-10-8-23-15-25/h6-8,10,12,15,17,20H,2-5,9,11,13-14H2,1H3,(H,24,27)/t17-,20+/m0/s1. The molecule has 1 aromatic carbocycles. The lowest BCUT2D eigenvalue weighted by Gasteiger charge is -2.33. The fourth-order valence-corrected chi connectivity index (χ4v) is 4.16. The largest absolute Gasteiger partial charge is 0.368 e. The van der Waals surface area contributed by atoms with Crippen molar-refractivity contribution in [2.75, 3.05) is 25.0 Å². The van der Waals surface area contributed by atoms with Crippen molar-refractivity contribution in [3.05, 3.63) is 48.0 Å². The molecule has 3 heterocycles. The van der Waals surface area contributed by atoms with Gasteiger partial charge in [0.1, 0.15) is 6.10 Å². The van der Waals surface area contributed by atoms with Crippen LogP contribution in [-0.2, 0) is 16.1 Å². The Morgan fingerprint density at radius 1 is 1.28 bits per heavy atom. The molecular weight excluding hydrogens is 368 g/mol. The van der Waals surface area contributed by atoms with E-state index in [2.05, 4.69) is 14.9 Å². The van der Waals surface area contributed by atoms with Gasteiger partial charge < -0.3 is 19.5 Å². The Morgan fingerprint density at radius 3 is 2.93 bits per heavy atom. The molecule has 0 radical (unpaired) electrons. The van der Waals surface area contributed by atoms with Crippen LogP contribution in [0.25, 0.3) is 0 Å². The Labute approximate surface area is 171 Å². The number of hydrogen-bond acceptors (Lipinski definition) is 4. The van der Waals surface area contributed by atoms with E-state index in [1.807, 2.05) is 36.5 Å². The van der Waals surface area contributed by atoms with Crippen molar-refractivity contribution in [2.45, 2.75) is 45.3 Å². The van der Waals surface area contributed by atoms with Crippen molar-refractivity contribution in [1.82, 2.24) is 14.5 Å². The zero-order chi connectivity index (χ0) is 20.2.